The van der Waals surface area contributed by atoms with Crippen LogP contribution in [-0.2, 0) is 0 Å². The molecule has 130 valence electrons. The molecule has 0 aliphatic carbocycles. The number of nitrogens with zero attached hydrogens (tertiary/aromatic N) is 4. The summed E-state index contributed by atoms with van der Waals surface area (Å²) in [4.78, 5) is 17.0. The van der Waals surface area contributed by atoms with E-state index < -0.39 is 5.91 Å². The van der Waals surface area contributed by atoms with Crippen molar-refractivity contribution in [3.05, 3.63) is 64.7 Å². The van der Waals surface area contributed by atoms with Gasteiger partial charge in [-0.1, -0.05) is 29.3 Å². The molecule has 0 bridgehead atoms. The molecule has 0 aliphatic rings. The Bertz CT molecular complexity index is 1130. The molecule has 1 aromatic carbocycles. The zero-order chi connectivity index (χ0) is 18.3. The third-order valence-corrected chi connectivity index (χ3v) is 4.39. The van der Waals surface area contributed by atoms with E-state index in [1.807, 2.05) is 32.0 Å². The van der Waals surface area contributed by atoms with Crippen LogP contribution in [0.2, 0.25) is 5.15 Å². The van der Waals surface area contributed by atoms with E-state index in [1.165, 1.54) is 4.52 Å². The molecule has 7 nitrogen and oxygen atoms in total. The number of anilines is 1. The normalized spacial score (nSPS) is 11.0. The van der Waals surface area contributed by atoms with E-state index in [0.717, 1.165) is 22.4 Å². The highest BCUT2D eigenvalue weighted by Crippen LogP contribution is 2.30. The highest BCUT2D eigenvalue weighted by molar-refractivity contribution is 6.34. The highest BCUT2D eigenvalue weighted by Gasteiger charge is 2.21. The number of carbonyl (C=O) groups excluding carboxylic acids is 1. The maximum absolute atomic E-state index is 12.8. The lowest BCUT2D eigenvalue weighted by atomic mass is 10.0. The number of H-pyrrole nitrogens is 1. The van der Waals surface area contributed by atoms with Gasteiger partial charge in [0.2, 0.25) is 0 Å². The first-order valence-corrected chi connectivity index (χ1v) is 8.33. The SMILES string of the molecule is Cc1ccc(C)c(-c2[nH]ncc2NC(=O)c2c(Cl)nn3cccnc23)c1. The van der Waals surface area contributed by atoms with Gasteiger partial charge in [-0.3, -0.25) is 9.89 Å². The number of fused-ring (bicyclic) bond motifs is 1. The molecular weight excluding hydrogens is 352 g/mol. The molecule has 0 radical (unpaired) electrons. The van der Waals surface area contributed by atoms with Crippen LogP contribution >= 0.6 is 11.6 Å². The Hall–Kier alpha value is -3.19. The molecule has 26 heavy (non-hydrogen) atoms. The number of hydrogen-bond donors (Lipinski definition) is 2. The molecular formula is C18H15ClN6O. The standard InChI is InChI=1S/C18H15ClN6O/c1-10-4-5-11(2)12(8-10)15-13(9-21-23-15)22-18(26)14-16(19)24-25-7-3-6-20-17(14)25/h3-9H,1-2H3,(H,21,23)(H,22,26). The summed E-state index contributed by atoms with van der Waals surface area (Å²) in [6.45, 7) is 4.02. The van der Waals surface area contributed by atoms with E-state index >= 15 is 0 Å². The molecule has 3 aromatic heterocycles. The monoisotopic (exact) mass is 366 g/mol. The van der Waals surface area contributed by atoms with Gasteiger partial charge >= 0.3 is 0 Å². The first-order valence-electron chi connectivity index (χ1n) is 7.96. The number of rotatable bonds is 3. The number of aryl methyl sites for hydroxylation is 2. The number of nitrogens with one attached hydrogen (secondary N) is 2. The van der Waals surface area contributed by atoms with E-state index in [9.17, 15) is 4.79 Å². The van der Waals surface area contributed by atoms with Crippen molar-refractivity contribution in [1.82, 2.24) is 24.8 Å². The van der Waals surface area contributed by atoms with Crippen molar-refractivity contribution in [2.75, 3.05) is 5.32 Å². The van der Waals surface area contributed by atoms with Gasteiger partial charge in [0, 0.05) is 18.0 Å². The van der Waals surface area contributed by atoms with Gasteiger partial charge in [-0.25, -0.2) is 9.50 Å². The second-order valence-electron chi connectivity index (χ2n) is 5.98. The van der Waals surface area contributed by atoms with Gasteiger partial charge in [0.25, 0.3) is 5.91 Å². The topological polar surface area (TPSA) is 88.0 Å². The lowest BCUT2D eigenvalue weighted by molar-refractivity contribution is 0.102. The first kappa shape index (κ1) is 16.3. The molecule has 0 spiro atoms. The predicted octanol–water partition coefficient (Wildman–Crippen LogP) is 3.64. The summed E-state index contributed by atoms with van der Waals surface area (Å²) in [6.07, 6.45) is 4.84. The minimum Gasteiger partial charge on any atom is -0.319 e. The maximum Gasteiger partial charge on any atom is 0.262 e. The molecule has 0 saturated heterocycles. The molecule has 0 aliphatic heterocycles. The Morgan fingerprint density at radius 3 is 3.00 bits per heavy atom. The Labute approximate surface area is 154 Å². The summed E-state index contributed by atoms with van der Waals surface area (Å²) >= 11 is 6.15. The quantitative estimate of drug-likeness (QED) is 0.579. The largest absolute Gasteiger partial charge is 0.319 e. The van der Waals surface area contributed by atoms with Gasteiger partial charge in [-0.05, 0) is 31.5 Å². The van der Waals surface area contributed by atoms with Gasteiger partial charge in [-0.15, -0.1) is 0 Å². The summed E-state index contributed by atoms with van der Waals surface area (Å²) in [6, 6.07) is 7.83. The van der Waals surface area contributed by atoms with E-state index in [0.29, 0.717) is 11.3 Å². The Kier molecular flexibility index (Phi) is 3.93. The van der Waals surface area contributed by atoms with E-state index in [2.05, 4.69) is 25.6 Å². The van der Waals surface area contributed by atoms with Crippen LogP contribution in [-0.4, -0.2) is 30.7 Å². The number of aromatic amines is 1. The maximum atomic E-state index is 12.8. The second-order valence-corrected chi connectivity index (χ2v) is 6.34. The number of hydrogen-bond acceptors (Lipinski definition) is 4. The van der Waals surface area contributed by atoms with E-state index in [1.54, 1.807) is 24.7 Å². The van der Waals surface area contributed by atoms with Gasteiger partial charge in [-0.2, -0.15) is 10.2 Å². The van der Waals surface area contributed by atoms with Crippen molar-refractivity contribution >= 4 is 28.8 Å². The van der Waals surface area contributed by atoms with Crippen LogP contribution in [0.25, 0.3) is 16.9 Å². The molecule has 0 saturated carbocycles. The smallest absolute Gasteiger partial charge is 0.262 e. The van der Waals surface area contributed by atoms with Crippen molar-refractivity contribution in [3.8, 4) is 11.3 Å². The van der Waals surface area contributed by atoms with E-state index in [4.69, 9.17) is 11.6 Å². The van der Waals surface area contributed by atoms with Gasteiger partial charge in [0.05, 0.1) is 17.6 Å². The highest BCUT2D eigenvalue weighted by atomic mass is 35.5. The molecule has 1 amide bonds. The summed E-state index contributed by atoms with van der Waals surface area (Å²) in [5.74, 6) is -0.392. The van der Waals surface area contributed by atoms with Gasteiger partial charge in [0.1, 0.15) is 5.56 Å². The predicted molar refractivity (Wildman–Crippen MR) is 99.4 cm³/mol. The molecule has 8 heteroatoms. The molecule has 3 heterocycles. The van der Waals surface area contributed by atoms with E-state index in [-0.39, 0.29) is 10.7 Å². The van der Waals surface area contributed by atoms with Gasteiger partial charge < -0.3 is 5.32 Å². The summed E-state index contributed by atoms with van der Waals surface area (Å²) in [7, 11) is 0. The van der Waals surface area contributed by atoms with Crippen LogP contribution in [0.15, 0.2) is 42.9 Å². The first-order chi connectivity index (χ1) is 12.5. The lowest BCUT2D eigenvalue weighted by Gasteiger charge is -2.09. The average Bonchev–Trinajstić information content (AvgIpc) is 3.20. The van der Waals surface area contributed by atoms with Crippen molar-refractivity contribution in [2.24, 2.45) is 0 Å². The fourth-order valence-corrected chi connectivity index (χ4v) is 3.08. The summed E-state index contributed by atoms with van der Waals surface area (Å²) in [5.41, 5.74) is 5.09. The molecule has 4 aromatic rings. The van der Waals surface area contributed by atoms with Crippen LogP contribution in [0, 0.1) is 13.8 Å². The van der Waals surface area contributed by atoms with Crippen LogP contribution in [0.3, 0.4) is 0 Å². The van der Waals surface area contributed by atoms with Crippen LogP contribution < -0.4 is 5.32 Å². The van der Waals surface area contributed by atoms with Crippen LogP contribution in [0.4, 0.5) is 5.69 Å². The fraction of sp³-hybridized carbons (Fsp3) is 0.111. The van der Waals surface area contributed by atoms with Crippen molar-refractivity contribution < 1.29 is 4.79 Å². The molecule has 0 atom stereocenters. The van der Waals surface area contributed by atoms with Crippen molar-refractivity contribution in [2.45, 2.75) is 13.8 Å². The van der Waals surface area contributed by atoms with Gasteiger partial charge in [0.15, 0.2) is 10.8 Å². The number of carbonyl (C=O) groups is 1. The minimum atomic E-state index is -0.392. The average molecular weight is 367 g/mol. The number of halogens is 1. The number of benzene rings is 1. The third kappa shape index (κ3) is 2.72. The van der Waals surface area contributed by atoms with Crippen LogP contribution in [0.1, 0.15) is 21.5 Å². The molecule has 2 N–H and O–H groups in total. The zero-order valence-corrected chi connectivity index (χ0v) is 14.9. The lowest BCUT2D eigenvalue weighted by Crippen LogP contribution is -2.13. The summed E-state index contributed by atoms with van der Waals surface area (Å²) in [5, 5.41) is 14.1. The van der Waals surface area contributed by atoms with Crippen molar-refractivity contribution in [3.63, 3.8) is 0 Å². The molecule has 4 rings (SSSR count). The zero-order valence-electron chi connectivity index (χ0n) is 14.1. The Morgan fingerprint density at radius 2 is 2.15 bits per heavy atom. The van der Waals surface area contributed by atoms with Crippen LogP contribution in [0.5, 0.6) is 0 Å². The Balaban J connectivity index is 1.73. The summed E-state index contributed by atoms with van der Waals surface area (Å²) < 4.78 is 1.47. The minimum absolute atomic E-state index is 0.0954. The number of aromatic nitrogens is 5. The fourth-order valence-electron chi connectivity index (χ4n) is 2.83. The molecule has 0 unspecified atom stereocenters. The Morgan fingerprint density at radius 1 is 1.31 bits per heavy atom. The third-order valence-electron chi connectivity index (χ3n) is 4.13. The molecule has 0 fully saturated rings. The van der Waals surface area contributed by atoms with Crippen molar-refractivity contribution in [1.29, 1.82) is 0 Å². The number of amides is 1. The second kappa shape index (κ2) is 6.27.